The van der Waals surface area contributed by atoms with Gasteiger partial charge in [0.25, 0.3) is 0 Å². The second-order valence-corrected chi connectivity index (χ2v) is 8.54. The first-order valence-corrected chi connectivity index (χ1v) is 9.73. The molecule has 0 aliphatic heterocycles. The minimum Gasteiger partial charge on any atom is -0.396 e. The lowest BCUT2D eigenvalue weighted by Crippen LogP contribution is -2.42. The fourth-order valence-electron chi connectivity index (χ4n) is 4.33. The van der Waals surface area contributed by atoms with Gasteiger partial charge in [-0.05, 0) is 60.1 Å². The number of methoxy groups -OCH3 is 1. The zero-order valence-corrected chi connectivity index (χ0v) is 16.6. The maximum Gasteiger partial charge on any atom is 0.419 e. The van der Waals surface area contributed by atoms with Crippen molar-refractivity contribution >= 4 is 5.69 Å². The highest BCUT2D eigenvalue weighted by Crippen LogP contribution is 2.58. The number of rotatable bonds is 6. The number of anilines is 1. The second kappa shape index (κ2) is 6.92. The average Bonchev–Trinajstić information content (AvgIpc) is 3.58. The molecular formula is C22H23F5N2O. The fourth-order valence-corrected chi connectivity index (χ4v) is 4.33. The predicted octanol–water partition coefficient (Wildman–Crippen LogP) is 5.09. The van der Waals surface area contributed by atoms with Crippen molar-refractivity contribution in [2.45, 2.75) is 49.5 Å². The molecule has 30 heavy (non-hydrogen) atoms. The quantitative estimate of drug-likeness (QED) is 0.384. The van der Waals surface area contributed by atoms with Crippen LogP contribution in [0.5, 0.6) is 0 Å². The van der Waals surface area contributed by atoms with Crippen LogP contribution < -0.4 is 11.1 Å². The summed E-state index contributed by atoms with van der Waals surface area (Å²) in [4.78, 5) is 0. The molecule has 0 aromatic heterocycles. The Kier molecular flexibility index (Phi) is 4.86. The van der Waals surface area contributed by atoms with Crippen LogP contribution in [-0.2, 0) is 21.9 Å². The summed E-state index contributed by atoms with van der Waals surface area (Å²) in [5.41, 5.74) is 4.72. The largest absolute Gasteiger partial charge is 0.419 e. The molecule has 3 unspecified atom stereocenters. The Morgan fingerprint density at radius 3 is 2.23 bits per heavy atom. The number of benzene rings is 2. The first-order valence-electron chi connectivity index (χ1n) is 9.73. The number of hydrogen-bond acceptors (Lipinski definition) is 3. The lowest BCUT2D eigenvalue weighted by molar-refractivity contribution is -0.140. The fraction of sp³-hybridized carbons (Fsp3) is 0.455. The van der Waals surface area contributed by atoms with Gasteiger partial charge >= 0.3 is 6.18 Å². The van der Waals surface area contributed by atoms with Gasteiger partial charge in [0, 0.05) is 18.6 Å². The van der Waals surface area contributed by atoms with Gasteiger partial charge < -0.3 is 10.5 Å². The zero-order chi connectivity index (χ0) is 21.9. The van der Waals surface area contributed by atoms with Crippen LogP contribution in [0.25, 0.3) is 0 Å². The van der Waals surface area contributed by atoms with Crippen molar-refractivity contribution < 1.29 is 26.7 Å². The molecule has 0 saturated heterocycles. The van der Waals surface area contributed by atoms with E-state index in [9.17, 15) is 22.0 Å². The van der Waals surface area contributed by atoms with Crippen LogP contribution in [0.3, 0.4) is 0 Å². The highest BCUT2D eigenvalue weighted by atomic mass is 19.4. The molecule has 3 N–H and O–H groups in total. The molecule has 0 radical (unpaired) electrons. The Bertz CT molecular complexity index is 972. The number of ether oxygens (including phenoxy) is 1. The lowest BCUT2D eigenvalue weighted by Gasteiger charge is -2.27. The molecule has 0 amide bonds. The van der Waals surface area contributed by atoms with E-state index < -0.39 is 40.6 Å². The topological polar surface area (TPSA) is 47.3 Å². The number of nitrogens with two attached hydrogens (primary N) is 1. The Morgan fingerprint density at radius 2 is 1.70 bits per heavy atom. The second-order valence-electron chi connectivity index (χ2n) is 8.54. The van der Waals surface area contributed by atoms with E-state index in [-0.39, 0.29) is 11.6 Å². The summed E-state index contributed by atoms with van der Waals surface area (Å²) < 4.78 is 72.2. The highest BCUT2D eigenvalue weighted by molar-refractivity contribution is 5.45. The third-order valence-electron chi connectivity index (χ3n) is 6.58. The van der Waals surface area contributed by atoms with Gasteiger partial charge in [-0.2, -0.15) is 13.2 Å². The molecule has 4 rings (SSSR count). The van der Waals surface area contributed by atoms with Crippen molar-refractivity contribution in [3.8, 4) is 0 Å². The van der Waals surface area contributed by atoms with Crippen molar-refractivity contribution in [3.05, 3.63) is 64.7 Å². The number of alkyl halides is 3. The van der Waals surface area contributed by atoms with Crippen molar-refractivity contribution in [3.63, 3.8) is 0 Å². The van der Waals surface area contributed by atoms with Crippen molar-refractivity contribution in [1.29, 1.82) is 0 Å². The molecule has 8 heteroatoms. The van der Waals surface area contributed by atoms with Crippen molar-refractivity contribution in [2.24, 2.45) is 5.92 Å². The van der Waals surface area contributed by atoms with Crippen LogP contribution >= 0.6 is 0 Å². The van der Waals surface area contributed by atoms with E-state index in [2.05, 4.69) is 5.32 Å². The van der Waals surface area contributed by atoms with Gasteiger partial charge in [0.05, 0.1) is 11.3 Å². The summed E-state index contributed by atoms with van der Waals surface area (Å²) in [5, 5.41) is 3.45. The molecule has 2 saturated carbocycles. The zero-order valence-electron chi connectivity index (χ0n) is 16.6. The van der Waals surface area contributed by atoms with E-state index >= 15 is 0 Å². The Hall–Kier alpha value is -2.19. The van der Waals surface area contributed by atoms with E-state index in [0.29, 0.717) is 12.0 Å². The van der Waals surface area contributed by atoms with Gasteiger partial charge in [0.2, 0.25) is 0 Å². The minimum atomic E-state index is -4.73. The van der Waals surface area contributed by atoms with Gasteiger partial charge in [0.15, 0.2) is 0 Å². The maximum absolute atomic E-state index is 14.1. The first kappa shape index (κ1) is 21.1. The summed E-state index contributed by atoms with van der Waals surface area (Å²) >= 11 is 0. The number of nitrogens with one attached hydrogen (secondary N) is 1. The SMILES string of the molecule is COC(NC1(c2ccc(N)c(F)c2)CC1)C1CC1(C)c1ccc(C(F)(F)F)c(F)c1. The number of nitrogen functional groups attached to an aromatic ring is 1. The molecule has 3 nitrogen and oxygen atoms in total. The van der Waals surface area contributed by atoms with Gasteiger partial charge in [-0.1, -0.05) is 19.1 Å². The molecule has 162 valence electrons. The van der Waals surface area contributed by atoms with Crippen LogP contribution in [0, 0.1) is 17.6 Å². The van der Waals surface area contributed by atoms with Crippen LogP contribution in [0.2, 0.25) is 0 Å². The normalized spacial score (nSPS) is 25.8. The summed E-state index contributed by atoms with van der Waals surface area (Å²) in [7, 11) is 1.55. The lowest BCUT2D eigenvalue weighted by atomic mass is 9.93. The third kappa shape index (κ3) is 3.56. The molecule has 0 bridgehead atoms. The molecule has 2 fully saturated rings. The Morgan fingerprint density at radius 1 is 1.07 bits per heavy atom. The summed E-state index contributed by atoms with van der Waals surface area (Å²) in [5.74, 6) is -1.81. The molecule has 2 aliphatic rings. The summed E-state index contributed by atoms with van der Waals surface area (Å²) in [6, 6.07) is 7.82. The standard InChI is InChI=1S/C22H23F5N2O/c1-20(12-3-5-14(16(23)9-12)22(25,26)27)11-15(20)19(30-2)29-21(7-8-21)13-4-6-18(28)17(24)10-13/h3-6,9-10,15,19,29H,7-8,11,28H2,1-2H3. The molecular weight excluding hydrogens is 403 g/mol. The van der Waals surface area contributed by atoms with E-state index in [4.69, 9.17) is 10.5 Å². The third-order valence-corrected chi connectivity index (χ3v) is 6.58. The Labute approximate surface area is 171 Å². The molecule has 0 spiro atoms. The monoisotopic (exact) mass is 426 g/mol. The van der Waals surface area contributed by atoms with Crippen LogP contribution in [0.4, 0.5) is 27.6 Å². The van der Waals surface area contributed by atoms with Gasteiger partial charge in [-0.25, -0.2) is 8.78 Å². The van der Waals surface area contributed by atoms with Gasteiger partial charge in [-0.15, -0.1) is 0 Å². The van der Waals surface area contributed by atoms with Crippen LogP contribution in [-0.4, -0.2) is 13.3 Å². The highest BCUT2D eigenvalue weighted by Gasteiger charge is 2.58. The van der Waals surface area contributed by atoms with Gasteiger partial charge in [0.1, 0.15) is 17.9 Å². The predicted molar refractivity (Wildman–Crippen MR) is 103 cm³/mol. The average molecular weight is 426 g/mol. The maximum atomic E-state index is 14.1. The van der Waals surface area contributed by atoms with E-state index in [1.165, 1.54) is 18.2 Å². The minimum absolute atomic E-state index is 0.0604. The molecule has 2 aromatic rings. The first-order chi connectivity index (χ1) is 14.0. The summed E-state index contributed by atoms with van der Waals surface area (Å²) in [6.45, 7) is 1.88. The van der Waals surface area contributed by atoms with E-state index in [1.54, 1.807) is 13.2 Å². The van der Waals surface area contributed by atoms with Gasteiger partial charge in [-0.3, -0.25) is 5.32 Å². The van der Waals surface area contributed by atoms with Crippen molar-refractivity contribution in [1.82, 2.24) is 5.32 Å². The number of halogens is 5. The molecule has 2 aliphatic carbocycles. The molecule has 2 aromatic carbocycles. The van der Waals surface area contributed by atoms with Crippen LogP contribution in [0.15, 0.2) is 36.4 Å². The molecule has 0 heterocycles. The number of hydrogen-bond donors (Lipinski definition) is 2. The van der Waals surface area contributed by atoms with E-state index in [1.807, 2.05) is 6.92 Å². The smallest absolute Gasteiger partial charge is 0.396 e. The van der Waals surface area contributed by atoms with Crippen LogP contribution in [0.1, 0.15) is 42.9 Å². The van der Waals surface area contributed by atoms with Crippen molar-refractivity contribution in [2.75, 3.05) is 12.8 Å². The Balaban J connectivity index is 1.53. The van der Waals surface area contributed by atoms with E-state index in [0.717, 1.165) is 30.5 Å². The summed E-state index contributed by atoms with van der Waals surface area (Å²) in [6.07, 6.45) is -2.91. The molecule has 3 atom stereocenters.